The normalized spacial score (nSPS) is 11.8. The number of nitrogens with zero attached hydrogens (tertiary/aromatic N) is 1. The van der Waals surface area contributed by atoms with Crippen LogP contribution in [0.4, 0.5) is 0 Å². The predicted molar refractivity (Wildman–Crippen MR) is 134 cm³/mol. The highest BCUT2D eigenvalue weighted by atomic mass is 127. The van der Waals surface area contributed by atoms with Crippen molar-refractivity contribution in [1.29, 1.82) is 0 Å². The van der Waals surface area contributed by atoms with Crippen LogP contribution in [0.1, 0.15) is 37.9 Å². The average molecular weight is 545 g/mol. The maximum atomic E-state index is 11.5. The molecular weight excluding hydrogens is 515 g/mol. The molecule has 0 aliphatic rings. The SMILES string of the molecule is CCNC(=O)COc1cccc(CN=C(NCC)NC(C)c2cccc(Cl)c2)c1.I. The van der Waals surface area contributed by atoms with Gasteiger partial charge in [-0.05, 0) is 56.2 Å². The molecule has 1 atom stereocenters. The van der Waals surface area contributed by atoms with E-state index >= 15 is 0 Å². The summed E-state index contributed by atoms with van der Waals surface area (Å²) in [6.45, 7) is 7.79. The molecule has 0 saturated carbocycles. The van der Waals surface area contributed by atoms with Crippen molar-refractivity contribution >= 4 is 47.4 Å². The van der Waals surface area contributed by atoms with Crippen molar-refractivity contribution in [3.63, 3.8) is 0 Å². The molecule has 0 saturated heterocycles. The molecule has 1 unspecified atom stereocenters. The van der Waals surface area contributed by atoms with E-state index in [1.165, 1.54) is 0 Å². The van der Waals surface area contributed by atoms with Crippen molar-refractivity contribution in [1.82, 2.24) is 16.0 Å². The quantitative estimate of drug-likeness (QED) is 0.250. The Morgan fingerprint density at radius 3 is 2.53 bits per heavy atom. The van der Waals surface area contributed by atoms with Crippen LogP contribution >= 0.6 is 35.6 Å². The molecule has 2 rings (SSSR count). The van der Waals surface area contributed by atoms with Crippen molar-refractivity contribution in [2.75, 3.05) is 19.7 Å². The molecule has 30 heavy (non-hydrogen) atoms. The molecule has 0 spiro atoms. The number of nitrogens with one attached hydrogen (secondary N) is 3. The highest BCUT2D eigenvalue weighted by molar-refractivity contribution is 14.0. The monoisotopic (exact) mass is 544 g/mol. The van der Waals surface area contributed by atoms with Gasteiger partial charge in [0, 0.05) is 18.1 Å². The van der Waals surface area contributed by atoms with Gasteiger partial charge in [0.1, 0.15) is 5.75 Å². The van der Waals surface area contributed by atoms with Crippen molar-refractivity contribution in [3.05, 3.63) is 64.7 Å². The first-order valence-electron chi connectivity index (χ1n) is 9.80. The minimum absolute atomic E-state index is 0. The maximum Gasteiger partial charge on any atom is 0.257 e. The van der Waals surface area contributed by atoms with E-state index in [1.54, 1.807) is 0 Å². The van der Waals surface area contributed by atoms with E-state index in [1.807, 2.05) is 62.4 Å². The highest BCUT2D eigenvalue weighted by Gasteiger charge is 2.08. The Morgan fingerprint density at radius 2 is 1.83 bits per heavy atom. The van der Waals surface area contributed by atoms with Crippen LogP contribution in [-0.4, -0.2) is 31.6 Å². The molecule has 3 N–H and O–H groups in total. The number of hydrogen-bond donors (Lipinski definition) is 3. The lowest BCUT2D eigenvalue weighted by molar-refractivity contribution is -0.122. The number of amides is 1. The Kier molecular flexibility index (Phi) is 12.2. The van der Waals surface area contributed by atoms with Gasteiger partial charge in [-0.2, -0.15) is 0 Å². The third kappa shape index (κ3) is 9.21. The first kappa shape index (κ1) is 26.0. The summed E-state index contributed by atoms with van der Waals surface area (Å²) in [6.07, 6.45) is 0. The fraction of sp³-hybridized carbons (Fsp3) is 0.364. The number of carbonyl (C=O) groups is 1. The number of ether oxygens (including phenoxy) is 1. The third-order valence-corrected chi connectivity index (χ3v) is 4.34. The number of hydrogen-bond acceptors (Lipinski definition) is 3. The largest absolute Gasteiger partial charge is 0.484 e. The lowest BCUT2D eigenvalue weighted by Gasteiger charge is -2.18. The predicted octanol–water partition coefficient (Wildman–Crippen LogP) is 4.29. The molecule has 0 heterocycles. The topological polar surface area (TPSA) is 74.8 Å². The molecule has 0 aromatic heterocycles. The number of likely N-dealkylation sites (N-methyl/N-ethyl adjacent to an activating group) is 1. The molecule has 0 fully saturated rings. The van der Waals surface area contributed by atoms with Crippen LogP contribution in [-0.2, 0) is 11.3 Å². The Hall–Kier alpha value is -2.00. The number of aliphatic imine (C=N–C) groups is 1. The molecule has 164 valence electrons. The second-order valence-corrected chi connectivity index (χ2v) is 6.94. The van der Waals surface area contributed by atoms with Gasteiger partial charge in [-0.1, -0.05) is 35.9 Å². The minimum atomic E-state index is -0.135. The molecule has 0 aliphatic carbocycles. The van der Waals surface area contributed by atoms with Crippen LogP contribution in [0.25, 0.3) is 0 Å². The van der Waals surface area contributed by atoms with Gasteiger partial charge >= 0.3 is 0 Å². The van der Waals surface area contributed by atoms with Gasteiger partial charge in [-0.25, -0.2) is 4.99 Å². The van der Waals surface area contributed by atoms with Gasteiger partial charge in [0.05, 0.1) is 12.6 Å². The second-order valence-electron chi connectivity index (χ2n) is 6.51. The number of benzene rings is 2. The Labute approximate surface area is 200 Å². The first-order chi connectivity index (χ1) is 14.0. The molecule has 8 heteroatoms. The number of halogens is 2. The van der Waals surface area contributed by atoms with Crippen LogP contribution in [0.5, 0.6) is 5.75 Å². The van der Waals surface area contributed by atoms with Crippen LogP contribution in [0, 0.1) is 0 Å². The fourth-order valence-corrected chi connectivity index (χ4v) is 2.88. The Bertz CT molecular complexity index is 832. The van der Waals surface area contributed by atoms with Gasteiger partial charge < -0.3 is 20.7 Å². The van der Waals surface area contributed by atoms with Crippen LogP contribution in [0.15, 0.2) is 53.5 Å². The molecule has 1 amide bonds. The van der Waals surface area contributed by atoms with E-state index in [9.17, 15) is 4.79 Å². The molecule has 0 aliphatic heterocycles. The van der Waals surface area contributed by atoms with Gasteiger partial charge in [0.2, 0.25) is 0 Å². The van der Waals surface area contributed by atoms with Gasteiger partial charge in [0.15, 0.2) is 12.6 Å². The van der Waals surface area contributed by atoms with Gasteiger partial charge in [0.25, 0.3) is 5.91 Å². The molecule has 0 bridgehead atoms. The zero-order valence-corrected chi connectivity index (χ0v) is 20.7. The Morgan fingerprint density at radius 1 is 1.10 bits per heavy atom. The molecular formula is C22H30ClIN4O2. The minimum Gasteiger partial charge on any atom is -0.484 e. The van der Waals surface area contributed by atoms with Crippen molar-refractivity contribution in [3.8, 4) is 5.75 Å². The second kappa shape index (κ2) is 14.1. The van der Waals surface area contributed by atoms with E-state index in [0.29, 0.717) is 29.8 Å². The maximum absolute atomic E-state index is 11.5. The number of carbonyl (C=O) groups excluding carboxylic acids is 1. The summed E-state index contributed by atoms with van der Waals surface area (Å²) >= 11 is 6.09. The molecule has 2 aromatic rings. The van der Waals surface area contributed by atoms with Crippen molar-refractivity contribution in [2.45, 2.75) is 33.4 Å². The average Bonchev–Trinajstić information content (AvgIpc) is 2.71. The van der Waals surface area contributed by atoms with Crippen LogP contribution in [0.2, 0.25) is 5.02 Å². The summed E-state index contributed by atoms with van der Waals surface area (Å²) in [4.78, 5) is 16.2. The summed E-state index contributed by atoms with van der Waals surface area (Å²) in [6, 6.07) is 15.4. The standard InChI is InChI=1S/C22H29ClN4O2.HI/c1-4-24-21(28)15-29-20-11-6-8-17(12-20)14-26-22(25-5-2)27-16(3)18-9-7-10-19(23)13-18;/h6-13,16H,4-5,14-15H2,1-3H3,(H,24,28)(H2,25,26,27);1H. The fourth-order valence-electron chi connectivity index (χ4n) is 2.69. The summed E-state index contributed by atoms with van der Waals surface area (Å²) in [5.41, 5.74) is 2.08. The van der Waals surface area contributed by atoms with Crippen molar-refractivity contribution in [2.24, 2.45) is 4.99 Å². The summed E-state index contributed by atoms with van der Waals surface area (Å²) < 4.78 is 5.54. The Balaban J connectivity index is 0.00000450. The first-order valence-corrected chi connectivity index (χ1v) is 10.2. The van der Waals surface area contributed by atoms with E-state index in [2.05, 4.69) is 27.9 Å². The van der Waals surface area contributed by atoms with Gasteiger partial charge in [-0.15, -0.1) is 24.0 Å². The molecule has 2 aromatic carbocycles. The van der Waals surface area contributed by atoms with E-state index in [-0.39, 0.29) is 42.5 Å². The number of rotatable bonds is 9. The van der Waals surface area contributed by atoms with Crippen molar-refractivity contribution < 1.29 is 9.53 Å². The lowest BCUT2D eigenvalue weighted by Crippen LogP contribution is -2.38. The summed E-state index contributed by atoms with van der Waals surface area (Å²) in [7, 11) is 0. The van der Waals surface area contributed by atoms with E-state index < -0.39 is 0 Å². The zero-order valence-electron chi connectivity index (χ0n) is 17.6. The van der Waals surface area contributed by atoms with Gasteiger partial charge in [-0.3, -0.25) is 4.79 Å². The van der Waals surface area contributed by atoms with E-state index in [4.69, 9.17) is 16.3 Å². The van der Waals surface area contributed by atoms with E-state index in [0.717, 1.165) is 17.7 Å². The lowest BCUT2D eigenvalue weighted by atomic mass is 10.1. The number of guanidine groups is 1. The third-order valence-electron chi connectivity index (χ3n) is 4.11. The molecule has 6 nitrogen and oxygen atoms in total. The highest BCUT2D eigenvalue weighted by Crippen LogP contribution is 2.17. The van der Waals surface area contributed by atoms with Crippen LogP contribution in [0.3, 0.4) is 0 Å². The van der Waals surface area contributed by atoms with Crippen LogP contribution < -0.4 is 20.7 Å². The molecule has 0 radical (unpaired) electrons. The zero-order chi connectivity index (χ0) is 21.1. The summed E-state index contributed by atoms with van der Waals surface area (Å²) in [5.74, 6) is 1.23. The summed E-state index contributed by atoms with van der Waals surface area (Å²) in [5, 5.41) is 10.1. The smallest absolute Gasteiger partial charge is 0.257 e.